The number of carbonyl (C=O) groups is 6. The number of benzene rings is 1. The zero-order valence-electron chi connectivity index (χ0n) is 45.5. The highest BCUT2D eigenvalue weighted by Crippen LogP contribution is 2.29. The summed E-state index contributed by atoms with van der Waals surface area (Å²) in [5.74, 6) is -7.43. The van der Waals surface area contributed by atoms with E-state index in [-0.39, 0.29) is 55.6 Å². The molecule has 438 valence electrons. The number of aliphatic hydroxyl groups excluding tert-OH is 8. The summed E-state index contributed by atoms with van der Waals surface area (Å²) in [5, 5.41) is 96.0. The number of nitrogens with two attached hydrogens (primary N) is 2. The number of cyclic esters (lactones) is 1. The van der Waals surface area contributed by atoms with Gasteiger partial charge in [0.05, 0.1) is 61.0 Å². The smallest absolute Gasteiger partial charge is 0.313 e. The first-order valence-corrected chi connectivity index (χ1v) is 26.9. The van der Waals surface area contributed by atoms with Crippen molar-refractivity contribution in [3.05, 3.63) is 115 Å². The lowest BCUT2D eigenvalue weighted by molar-refractivity contribution is -0.277. The topological polar surface area (TPSA) is 364 Å². The van der Waals surface area contributed by atoms with Crippen molar-refractivity contribution in [3.8, 4) is 0 Å². The van der Waals surface area contributed by atoms with Crippen LogP contribution in [0.1, 0.15) is 115 Å². The van der Waals surface area contributed by atoms with E-state index < -0.39 is 153 Å². The molecule has 0 saturated carbocycles. The minimum absolute atomic E-state index is 0.0615. The molecule has 17 unspecified atom stereocenters. The molecular formula is C59H84N2O18. The highest BCUT2D eigenvalue weighted by atomic mass is 16.7. The monoisotopic (exact) mass is 1110 g/mol. The van der Waals surface area contributed by atoms with Crippen molar-refractivity contribution in [2.24, 2.45) is 29.4 Å². The number of aliphatic hydroxyl groups is 8. The predicted octanol–water partition coefficient (Wildman–Crippen LogP) is 3.61. The molecule has 0 spiro atoms. The molecule has 1 saturated heterocycles. The number of aliphatic carboxylic acids is 1. The fraction of sp³-hybridized carbons (Fsp3) is 0.559. The highest BCUT2D eigenvalue weighted by Gasteiger charge is 2.43. The third-order valence-corrected chi connectivity index (χ3v) is 13.8. The van der Waals surface area contributed by atoms with Crippen LogP contribution in [-0.4, -0.2) is 161 Å². The quantitative estimate of drug-likeness (QED) is 0.0690. The second kappa shape index (κ2) is 35.2. The van der Waals surface area contributed by atoms with Crippen molar-refractivity contribution in [1.29, 1.82) is 0 Å². The standard InChI is InChI=1S/C59H84N2O18/c1-35-18-15-13-11-9-7-5-6-8-10-12-14-16-21-47(78-59-56(74)54(61)55(73)38(4)77-59)33-51(71)53(58(75)76)50(70)31-46(67)30-45(66)29-44(65)28-43(64)27-41(62)19-17-20-42(63)32-52(72)79-57(35)37(3)26-36(2)48(68)34-49(69)39-22-24-40(60)25-23-39/h5-16,18,21-25,35-38,43-45,47-48,50-51,53-57,59,64-66,68,70-71,73-74H,17,19-20,26-34,60-61H2,1-4H3,(H,75,76)/b6-5+,9-7+,10-8+,13-11+,14-12+,18-15+,21-16+. The minimum atomic E-state index is -1.95. The van der Waals surface area contributed by atoms with Gasteiger partial charge in [-0.15, -0.1) is 0 Å². The van der Waals surface area contributed by atoms with Crippen molar-refractivity contribution in [1.82, 2.24) is 0 Å². The Labute approximate surface area is 462 Å². The molecule has 79 heavy (non-hydrogen) atoms. The third-order valence-electron chi connectivity index (χ3n) is 13.8. The minimum Gasteiger partial charge on any atom is -0.481 e. The predicted molar refractivity (Wildman–Crippen MR) is 293 cm³/mol. The molecule has 2 aliphatic rings. The average Bonchev–Trinajstić information content (AvgIpc) is 3.36. The molecule has 13 N–H and O–H groups in total. The number of hydrogen-bond donors (Lipinski definition) is 11. The molecule has 2 aliphatic heterocycles. The van der Waals surface area contributed by atoms with Crippen LogP contribution in [0.2, 0.25) is 0 Å². The Balaban J connectivity index is 1.83. The number of carbonyl (C=O) groups excluding carboxylic acids is 5. The first-order valence-electron chi connectivity index (χ1n) is 26.9. The van der Waals surface area contributed by atoms with Gasteiger partial charge < -0.3 is 71.6 Å². The molecular weight excluding hydrogens is 1020 g/mol. The number of Topliss-reactive ketones (excluding diaryl/α,β-unsaturated/α-hetero) is 4. The van der Waals surface area contributed by atoms with E-state index in [0.717, 1.165) is 0 Å². The number of rotatable bonds is 10. The summed E-state index contributed by atoms with van der Waals surface area (Å²) in [4.78, 5) is 77.3. The molecule has 3 rings (SSSR count). The summed E-state index contributed by atoms with van der Waals surface area (Å²) in [7, 11) is 0. The Kier molecular flexibility index (Phi) is 30.1. The number of carboxylic acid groups (broad SMARTS) is 1. The summed E-state index contributed by atoms with van der Waals surface area (Å²) in [6.07, 6.45) is 4.21. The molecule has 2 heterocycles. The molecule has 0 radical (unpaired) electrons. The lowest BCUT2D eigenvalue weighted by Gasteiger charge is -2.41. The molecule has 1 aromatic carbocycles. The largest absolute Gasteiger partial charge is 0.481 e. The molecule has 20 heteroatoms. The van der Waals surface area contributed by atoms with Gasteiger partial charge in [-0.25, -0.2) is 0 Å². The van der Waals surface area contributed by atoms with Gasteiger partial charge >= 0.3 is 11.9 Å². The number of esters is 1. The molecule has 1 fully saturated rings. The van der Waals surface area contributed by atoms with Gasteiger partial charge in [0.1, 0.15) is 41.9 Å². The third kappa shape index (κ3) is 25.2. The Morgan fingerprint density at radius 2 is 1.22 bits per heavy atom. The van der Waals surface area contributed by atoms with Crippen LogP contribution >= 0.6 is 0 Å². The fourth-order valence-corrected chi connectivity index (χ4v) is 9.37. The van der Waals surface area contributed by atoms with E-state index in [1.807, 2.05) is 19.9 Å². The normalized spacial score (nSPS) is 34.7. The van der Waals surface area contributed by atoms with Gasteiger partial charge in [-0.3, -0.25) is 28.8 Å². The summed E-state index contributed by atoms with van der Waals surface area (Å²) >= 11 is 0. The number of allylic oxidation sites excluding steroid dienone is 12. The summed E-state index contributed by atoms with van der Waals surface area (Å²) in [5.41, 5.74) is 12.7. The maximum atomic E-state index is 13.3. The van der Waals surface area contributed by atoms with Crippen molar-refractivity contribution in [2.45, 2.75) is 184 Å². The number of nitrogen functional groups attached to an aromatic ring is 1. The number of ketones is 4. The van der Waals surface area contributed by atoms with Gasteiger partial charge in [0.15, 0.2) is 12.1 Å². The highest BCUT2D eigenvalue weighted by molar-refractivity contribution is 5.97. The summed E-state index contributed by atoms with van der Waals surface area (Å²) < 4.78 is 17.5. The van der Waals surface area contributed by atoms with Gasteiger partial charge in [-0.2, -0.15) is 0 Å². The maximum Gasteiger partial charge on any atom is 0.313 e. The van der Waals surface area contributed by atoms with E-state index in [9.17, 15) is 74.7 Å². The van der Waals surface area contributed by atoms with Crippen LogP contribution in [0, 0.1) is 23.7 Å². The van der Waals surface area contributed by atoms with Gasteiger partial charge in [-0.05, 0) is 68.7 Å². The van der Waals surface area contributed by atoms with Crippen LogP contribution in [0.15, 0.2) is 109 Å². The molecule has 0 aliphatic carbocycles. The lowest BCUT2D eigenvalue weighted by Crippen LogP contribution is -2.61. The van der Waals surface area contributed by atoms with Crippen molar-refractivity contribution >= 4 is 40.8 Å². The van der Waals surface area contributed by atoms with Crippen molar-refractivity contribution < 1.29 is 88.9 Å². The van der Waals surface area contributed by atoms with Gasteiger partial charge in [-0.1, -0.05) is 106 Å². The van der Waals surface area contributed by atoms with Crippen LogP contribution in [-0.2, 0) is 38.2 Å². The van der Waals surface area contributed by atoms with E-state index in [2.05, 4.69) is 0 Å². The van der Waals surface area contributed by atoms with E-state index in [0.29, 0.717) is 17.7 Å². The fourth-order valence-electron chi connectivity index (χ4n) is 9.37. The van der Waals surface area contributed by atoms with Gasteiger partial charge in [0, 0.05) is 62.1 Å². The Bertz CT molecular complexity index is 2310. The first-order chi connectivity index (χ1) is 37.4. The Morgan fingerprint density at radius 1 is 0.684 bits per heavy atom. The van der Waals surface area contributed by atoms with E-state index in [4.69, 9.17) is 25.7 Å². The number of ether oxygens (including phenoxy) is 3. The van der Waals surface area contributed by atoms with E-state index in [1.165, 1.54) is 19.1 Å². The lowest BCUT2D eigenvalue weighted by atomic mass is 9.83. The zero-order valence-corrected chi connectivity index (χ0v) is 45.5. The second-order valence-electron chi connectivity index (χ2n) is 20.9. The van der Waals surface area contributed by atoms with E-state index in [1.54, 1.807) is 98.0 Å². The zero-order chi connectivity index (χ0) is 58.8. The Hall–Kier alpha value is -5.62. The summed E-state index contributed by atoms with van der Waals surface area (Å²) in [6.45, 7) is 7.02. The molecule has 0 aromatic heterocycles. The van der Waals surface area contributed by atoms with Gasteiger partial charge in [0.25, 0.3) is 0 Å². The number of hydrogen-bond acceptors (Lipinski definition) is 19. The van der Waals surface area contributed by atoms with E-state index >= 15 is 0 Å². The van der Waals surface area contributed by atoms with Gasteiger partial charge in [0.2, 0.25) is 0 Å². The molecule has 0 amide bonds. The molecule has 1 aromatic rings. The van der Waals surface area contributed by atoms with Crippen LogP contribution in [0.5, 0.6) is 0 Å². The van der Waals surface area contributed by atoms with Crippen molar-refractivity contribution in [3.63, 3.8) is 0 Å². The Morgan fingerprint density at radius 3 is 1.78 bits per heavy atom. The van der Waals surface area contributed by atoms with Crippen LogP contribution in [0.4, 0.5) is 5.69 Å². The van der Waals surface area contributed by atoms with Crippen LogP contribution < -0.4 is 11.5 Å². The molecule has 0 bridgehead atoms. The van der Waals surface area contributed by atoms with Crippen LogP contribution in [0.25, 0.3) is 0 Å². The number of carboxylic acids is 1. The molecule has 17 atom stereocenters. The molecule has 20 nitrogen and oxygen atoms in total. The average molecular weight is 1110 g/mol. The SMILES string of the molecule is CC1/C=C/C=C/C=C/C=C/C=C/C=C/C=C/C(OC2OC(C)C(O)C(N)C2O)CC(O)C(C(=O)O)C(O)CC(=O)CC(O)CC(O)CC(O)CC(=O)CCCC(=O)CC(=O)OC1C(C)CC(C)C(O)CC(=O)c1ccc(N)cc1. The van der Waals surface area contributed by atoms with Crippen molar-refractivity contribution in [2.75, 3.05) is 5.73 Å². The second-order valence-corrected chi connectivity index (χ2v) is 20.9. The summed E-state index contributed by atoms with van der Waals surface area (Å²) in [6, 6.07) is 5.24. The first kappa shape index (κ1) is 67.7. The maximum absolute atomic E-state index is 13.3. The van der Waals surface area contributed by atoms with Crippen LogP contribution in [0.3, 0.4) is 0 Å². The number of anilines is 1.